The zero-order chi connectivity index (χ0) is 21.8. The Hall–Kier alpha value is -0.580. The molecule has 0 aliphatic carbocycles. The molecule has 0 saturated heterocycles. The van der Waals surface area contributed by atoms with Gasteiger partial charge in [0.2, 0.25) is 0 Å². The second kappa shape index (κ2) is 19.4. The van der Waals surface area contributed by atoms with Crippen LogP contribution in [0.2, 0.25) is 0 Å². The largest absolute Gasteiger partial charge is 0.502 e. The third-order valence-corrected chi connectivity index (χ3v) is 5.39. The summed E-state index contributed by atoms with van der Waals surface area (Å²) in [4.78, 5) is 0. The fraction of sp³-hybridized carbons (Fsp3) is 0.920. The second-order valence-corrected chi connectivity index (χ2v) is 7.97. The minimum atomic E-state index is -0.900. The quantitative estimate of drug-likeness (QED) is 0.111. The molecule has 2 atom stereocenters. The highest BCUT2D eigenvalue weighted by Crippen LogP contribution is 2.35. The predicted octanol–water partition coefficient (Wildman–Crippen LogP) is 7.47. The van der Waals surface area contributed by atoms with Gasteiger partial charge in [-0.2, -0.15) is 0 Å². The molecule has 0 fully saturated rings. The standard InChI is InChI=1S/C25H50O4/c1-7-12-14-17-23(6)19-20-24(18-15-13-16-22-26-21-8-2)25(27-9-3,28-10-4)29-11-5/h8,21,23-24H,7,9-20,22H2,1-6H3. The summed E-state index contributed by atoms with van der Waals surface area (Å²) in [6.45, 7) is 15.3. The molecule has 0 saturated carbocycles. The van der Waals surface area contributed by atoms with Crippen LogP contribution in [-0.4, -0.2) is 32.4 Å². The first kappa shape index (κ1) is 28.4. The Labute approximate surface area is 181 Å². The summed E-state index contributed by atoms with van der Waals surface area (Å²) in [7, 11) is 0. The molecule has 0 bridgehead atoms. The van der Waals surface area contributed by atoms with Gasteiger partial charge in [0.25, 0.3) is 5.97 Å². The van der Waals surface area contributed by atoms with Crippen LogP contribution >= 0.6 is 0 Å². The maximum atomic E-state index is 6.14. The smallest absolute Gasteiger partial charge is 0.285 e. The normalized spacial score (nSPS) is 14.4. The van der Waals surface area contributed by atoms with Gasteiger partial charge >= 0.3 is 0 Å². The highest BCUT2D eigenvalue weighted by molar-refractivity contribution is 4.74. The number of hydrogen-bond acceptors (Lipinski definition) is 4. The average molecular weight is 415 g/mol. The van der Waals surface area contributed by atoms with Crippen LogP contribution in [-0.2, 0) is 18.9 Å². The third-order valence-electron chi connectivity index (χ3n) is 5.39. The lowest BCUT2D eigenvalue weighted by atomic mass is 9.88. The molecule has 0 aromatic heterocycles. The van der Waals surface area contributed by atoms with Gasteiger partial charge in [0.05, 0.1) is 12.9 Å². The minimum Gasteiger partial charge on any atom is -0.502 e. The number of hydrogen-bond donors (Lipinski definition) is 0. The lowest BCUT2D eigenvalue weighted by molar-refractivity contribution is -0.403. The first-order valence-corrected chi connectivity index (χ1v) is 12.2. The molecule has 2 unspecified atom stereocenters. The van der Waals surface area contributed by atoms with E-state index in [4.69, 9.17) is 18.9 Å². The van der Waals surface area contributed by atoms with Crippen molar-refractivity contribution in [2.75, 3.05) is 26.4 Å². The van der Waals surface area contributed by atoms with E-state index in [0.717, 1.165) is 44.6 Å². The monoisotopic (exact) mass is 414 g/mol. The Kier molecular flexibility index (Phi) is 19.0. The van der Waals surface area contributed by atoms with Crippen molar-refractivity contribution in [1.82, 2.24) is 0 Å². The summed E-state index contributed by atoms with van der Waals surface area (Å²) in [6, 6.07) is 0. The molecule has 0 aromatic carbocycles. The van der Waals surface area contributed by atoms with E-state index in [1.54, 1.807) is 6.26 Å². The van der Waals surface area contributed by atoms with E-state index in [2.05, 4.69) is 13.8 Å². The van der Waals surface area contributed by atoms with Gasteiger partial charge in [0.15, 0.2) is 0 Å². The Balaban J connectivity index is 4.88. The summed E-state index contributed by atoms with van der Waals surface area (Å²) in [6.07, 6.45) is 15.7. The maximum absolute atomic E-state index is 6.14. The zero-order valence-corrected chi connectivity index (χ0v) is 20.3. The molecule has 0 aromatic rings. The molecule has 0 radical (unpaired) electrons. The summed E-state index contributed by atoms with van der Waals surface area (Å²) in [5, 5.41) is 0. The van der Waals surface area contributed by atoms with Crippen molar-refractivity contribution >= 4 is 0 Å². The van der Waals surface area contributed by atoms with Crippen molar-refractivity contribution < 1.29 is 18.9 Å². The highest BCUT2D eigenvalue weighted by Gasteiger charge is 2.41. The summed E-state index contributed by atoms with van der Waals surface area (Å²) < 4.78 is 23.8. The molecular weight excluding hydrogens is 364 g/mol. The molecule has 4 heteroatoms. The molecule has 174 valence electrons. The molecule has 0 amide bonds. The molecule has 0 N–H and O–H groups in total. The van der Waals surface area contributed by atoms with Crippen LogP contribution < -0.4 is 0 Å². The molecule has 0 aliphatic heterocycles. The second-order valence-electron chi connectivity index (χ2n) is 7.97. The van der Waals surface area contributed by atoms with Gasteiger partial charge in [0, 0.05) is 25.7 Å². The summed E-state index contributed by atoms with van der Waals surface area (Å²) in [5.41, 5.74) is 0. The summed E-state index contributed by atoms with van der Waals surface area (Å²) in [5.74, 6) is 0.0938. The Morgan fingerprint density at radius 1 is 0.724 bits per heavy atom. The molecule has 29 heavy (non-hydrogen) atoms. The molecule has 0 rings (SSSR count). The maximum Gasteiger partial charge on any atom is 0.285 e. The van der Waals surface area contributed by atoms with Crippen LogP contribution in [0.25, 0.3) is 0 Å². The number of allylic oxidation sites excluding steroid dienone is 1. The van der Waals surface area contributed by atoms with Crippen molar-refractivity contribution in [2.45, 2.75) is 112 Å². The van der Waals surface area contributed by atoms with Crippen LogP contribution in [0.15, 0.2) is 12.3 Å². The fourth-order valence-corrected chi connectivity index (χ4v) is 3.87. The van der Waals surface area contributed by atoms with E-state index >= 15 is 0 Å². The predicted molar refractivity (Wildman–Crippen MR) is 123 cm³/mol. The van der Waals surface area contributed by atoms with Crippen LogP contribution in [0, 0.1) is 11.8 Å². The number of unbranched alkanes of at least 4 members (excludes halogenated alkanes) is 4. The van der Waals surface area contributed by atoms with Crippen molar-refractivity contribution in [3.8, 4) is 0 Å². The van der Waals surface area contributed by atoms with Crippen molar-refractivity contribution in [3.63, 3.8) is 0 Å². The Morgan fingerprint density at radius 3 is 1.90 bits per heavy atom. The lowest BCUT2D eigenvalue weighted by Crippen LogP contribution is -2.47. The Bertz CT molecular complexity index is 353. The number of ether oxygens (including phenoxy) is 4. The topological polar surface area (TPSA) is 36.9 Å². The van der Waals surface area contributed by atoms with Crippen LogP contribution in [0.4, 0.5) is 0 Å². The van der Waals surface area contributed by atoms with E-state index < -0.39 is 5.97 Å². The van der Waals surface area contributed by atoms with E-state index in [1.165, 1.54) is 32.1 Å². The molecule has 0 spiro atoms. The van der Waals surface area contributed by atoms with Gasteiger partial charge in [-0.25, -0.2) is 0 Å². The summed E-state index contributed by atoms with van der Waals surface area (Å²) >= 11 is 0. The first-order chi connectivity index (χ1) is 14.1. The van der Waals surface area contributed by atoms with Gasteiger partial charge in [-0.3, -0.25) is 0 Å². The van der Waals surface area contributed by atoms with Gasteiger partial charge in [-0.05, 0) is 52.9 Å². The van der Waals surface area contributed by atoms with Gasteiger partial charge in [-0.15, -0.1) is 0 Å². The molecular formula is C25H50O4. The van der Waals surface area contributed by atoms with E-state index in [-0.39, 0.29) is 5.92 Å². The lowest BCUT2D eigenvalue weighted by Gasteiger charge is -2.39. The zero-order valence-electron chi connectivity index (χ0n) is 20.3. The molecule has 4 nitrogen and oxygen atoms in total. The third kappa shape index (κ3) is 13.4. The fourth-order valence-electron chi connectivity index (χ4n) is 3.87. The van der Waals surface area contributed by atoms with E-state index in [0.29, 0.717) is 19.8 Å². The minimum absolute atomic E-state index is 0.257. The molecule has 0 aliphatic rings. The van der Waals surface area contributed by atoms with Crippen LogP contribution in [0.5, 0.6) is 0 Å². The van der Waals surface area contributed by atoms with Gasteiger partial charge < -0.3 is 18.9 Å². The van der Waals surface area contributed by atoms with E-state index in [9.17, 15) is 0 Å². The average Bonchev–Trinajstić information content (AvgIpc) is 2.70. The van der Waals surface area contributed by atoms with Crippen molar-refractivity contribution in [2.24, 2.45) is 11.8 Å². The van der Waals surface area contributed by atoms with Crippen LogP contribution in [0.1, 0.15) is 106 Å². The van der Waals surface area contributed by atoms with Crippen LogP contribution in [0.3, 0.4) is 0 Å². The van der Waals surface area contributed by atoms with Crippen molar-refractivity contribution in [1.29, 1.82) is 0 Å². The SMILES string of the molecule is CC=COCCCCCC(CCC(C)CCCCC)C(OCC)(OCC)OCC. The first-order valence-electron chi connectivity index (χ1n) is 12.2. The Morgan fingerprint density at radius 2 is 1.34 bits per heavy atom. The number of rotatable bonds is 21. The van der Waals surface area contributed by atoms with Gasteiger partial charge in [0.1, 0.15) is 0 Å². The molecule has 0 heterocycles. The van der Waals surface area contributed by atoms with Crippen molar-refractivity contribution in [3.05, 3.63) is 12.3 Å². The van der Waals surface area contributed by atoms with Gasteiger partial charge in [-0.1, -0.05) is 64.9 Å². The highest BCUT2D eigenvalue weighted by atomic mass is 16.9. The van der Waals surface area contributed by atoms with E-state index in [1.807, 2.05) is 33.8 Å².